The Balaban J connectivity index is 2.41. The minimum atomic E-state index is -1.00. The van der Waals surface area contributed by atoms with E-state index in [4.69, 9.17) is 4.74 Å². The molecule has 5 heteroatoms. The lowest BCUT2D eigenvalue weighted by atomic mass is 10.1. The summed E-state index contributed by atoms with van der Waals surface area (Å²) in [6, 6.07) is 3.19. The first-order valence-corrected chi connectivity index (χ1v) is 7.49. The van der Waals surface area contributed by atoms with Crippen LogP contribution >= 0.6 is 0 Å². The van der Waals surface area contributed by atoms with Crippen LogP contribution in [0.4, 0.5) is 19.3 Å². The number of unbranched alkanes of at least 4 members (excludes halogenated alkanes) is 3. The van der Waals surface area contributed by atoms with Crippen LogP contribution in [0.15, 0.2) is 18.2 Å². The van der Waals surface area contributed by atoms with Gasteiger partial charge in [-0.05, 0) is 31.4 Å². The van der Waals surface area contributed by atoms with Crippen LogP contribution in [-0.4, -0.2) is 12.2 Å². The van der Waals surface area contributed by atoms with Crippen LogP contribution in [-0.2, 0) is 4.74 Å². The van der Waals surface area contributed by atoms with Crippen molar-refractivity contribution in [3.05, 3.63) is 29.8 Å². The highest BCUT2D eigenvalue weighted by atomic mass is 19.2. The largest absolute Gasteiger partial charge is 0.446 e. The Morgan fingerprint density at radius 3 is 2.57 bits per heavy atom. The van der Waals surface area contributed by atoms with Crippen LogP contribution in [0.3, 0.4) is 0 Å². The molecule has 0 aromatic heterocycles. The maximum atomic E-state index is 13.0. The van der Waals surface area contributed by atoms with Crippen molar-refractivity contribution < 1.29 is 18.3 Å². The number of hydrogen-bond donors (Lipinski definition) is 1. The van der Waals surface area contributed by atoms with E-state index < -0.39 is 17.7 Å². The number of carbonyl (C=O) groups is 1. The van der Waals surface area contributed by atoms with Gasteiger partial charge >= 0.3 is 6.09 Å². The van der Waals surface area contributed by atoms with Crippen LogP contribution in [0.5, 0.6) is 0 Å². The Labute approximate surface area is 124 Å². The number of hydrogen-bond acceptors (Lipinski definition) is 2. The highest BCUT2D eigenvalue weighted by Crippen LogP contribution is 2.15. The van der Waals surface area contributed by atoms with Crippen molar-refractivity contribution in [2.45, 2.75) is 58.5 Å². The molecule has 1 unspecified atom stereocenters. The van der Waals surface area contributed by atoms with Gasteiger partial charge in [-0.3, -0.25) is 5.32 Å². The molecule has 0 fully saturated rings. The van der Waals surface area contributed by atoms with Crippen LogP contribution in [0, 0.1) is 11.6 Å². The summed E-state index contributed by atoms with van der Waals surface area (Å²) in [7, 11) is 0. The van der Waals surface area contributed by atoms with Crippen molar-refractivity contribution in [2.24, 2.45) is 0 Å². The molecule has 0 bridgehead atoms. The van der Waals surface area contributed by atoms with Crippen LogP contribution < -0.4 is 5.32 Å². The normalized spacial score (nSPS) is 12.0. The zero-order valence-electron chi connectivity index (χ0n) is 12.6. The lowest BCUT2D eigenvalue weighted by Crippen LogP contribution is -2.22. The number of amides is 1. The van der Waals surface area contributed by atoms with Gasteiger partial charge in [-0.1, -0.05) is 33.1 Å². The zero-order chi connectivity index (χ0) is 15.7. The number of ether oxygens (including phenoxy) is 1. The van der Waals surface area contributed by atoms with Crippen molar-refractivity contribution in [1.82, 2.24) is 0 Å². The summed E-state index contributed by atoms with van der Waals surface area (Å²) >= 11 is 0. The number of rotatable bonds is 8. The van der Waals surface area contributed by atoms with Crippen molar-refractivity contribution >= 4 is 11.8 Å². The Morgan fingerprint density at radius 1 is 1.19 bits per heavy atom. The number of benzene rings is 1. The smallest absolute Gasteiger partial charge is 0.411 e. The summed E-state index contributed by atoms with van der Waals surface area (Å²) in [6.07, 6.45) is 5.26. The quantitative estimate of drug-likeness (QED) is 0.665. The first-order valence-electron chi connectivity index (χ1n) is 7.49. The van der Waals surface area contributed by atoms with Gasteiger partial charge in [-0.25, -0.2) is 13.6 Å². The van der Waals surface area contributed by atoms with Crippen LogP contribution in [0.2, 0.25) is 0 Å². The third kappa shape index (κ3) is 6.56. The molecule has 3 nitrogen and oxygen atoms in total. The fourth-order valence-corrected chi connectivity index (χ4v) is 2.02. The van der Waals surface area contributed by atoms with Gasteiger partial charge in [0.1, 0.15) is 6.10 Å². The standard InChI is InChI=1S/C16H23F2NO2/c1-3-5-6-7-8-13(4-2)21-16(20)19-12-9-10-14(17)15(18)11-12/h9-11,13H,3-8H2,1-2H3,(H,19,20). The van der Waals surface area contributed by atoms with E-state index >= 15 is 0 Å². The van der Waals surface area contributed by atoms with Crippen molar-refractivity contribution in [3.63, 3.8) is 0 Å². The molecule has 1 atom stereocenters. The van der Waals surface area contributed by atoms with E-state index in [2.05, 4.69) is 12.2 Å². The van der Waals surface area contributed by atoms with E-state index in [1.165, 1.54) is 12.5 Å². The Morgan fingerprint density at radius 2 is 1.95 bits per heavy atom. The molecule has 0 saturated heterocycles. The van der Waals surface area contributed by atoms with Gasteiger partial charge in [0.2, 0.25) is 0 Å². The molecular formula is C16H23F2NO2. The fraction of sp³-hybridized carbons (Fsp3) is 0.562. The summed E-state index contributed by atoms with van der Waals surface area (Å²) in [5.41, 5.74) is 0.180. The molecular weight excluding hydrogens is 276 g/mol. The third-order valence-electron chi connectivity index (χ3n) is 3.27. The molecule has 0 aliphatic heterocycles. The van der Waals surface area contributed by atoms with E-state index in [1.807, 2.05) is 6.92 Å². The molecule has 0 aliphatic carbocycles. The molecule has 1 rings (SSSR count). The molecule has 21 heavy (non-hydrogen) atoms. The molecule has 1 N–H and O–H groups in total. The second-order valence-corrected chi connectivity index (χ2v) is 5.04. The number of nitrogens with one attached hydrogen (secondary N) is 1. The van der Waals surface area contributed by atoms with Gasteiger partial charge in [0.25, 0.3) is 0 Å². The average molecular weight is 299 g/mol. The number of anilines is 1. The topological polar surface area (TPSA) is 38.3 Å². The fourth-order valence-electron chi connectivity index (χ4n) is 2.02. The van der Waals surface area contributed by atoms with E-state index in [0.29, 0.717) is 0 Å². The molecule has 118 valence electrons. The highest BCUT2D eigenvalue weighted by molar-refractivity contribution is 5.84. The van der Waals surface area contributed by atoms with E-state index in [9.17, 15) is 13.6 Å². The maximum absolute atomic E-state index is 13.0. The Kier molecular flexibility index (Phi) is 7.72. The average Bonchev–Trinajstić information content (AvgIpc) is 2.46. The zero-order valence-corrected chi connectivity index (χ0v) is 12.6. The Hall–Kier alpha value is -1.65. The summed E-state index contributed by atoms with van der Waals surface area (Å²) in [6.45, 7) is 4.10. The van der Waals surface area contributed by atoms with Crippen LogP contribution in [0.25, 0.3) is 0 Å². The summed E-state index contributed by atoms with van der Waals surface area (Å²) in [5, 5.41) is 2.41. The van der Waals surface area contributed by atoms with Gasteiger partial charge < -0.3 is 4.74 Å². The third-order valence-corrected chi connectivity index (χ3v) is 3.27. The first kappa shape index (κ1) is 17.4. The molecule has 1 aromatic rings. The maximum Gasteiger partial charge on any atom is 0.411 e. The number of halogens is 2. The lowest BCUT2D eigenvalue weighted by molar-refractivity contribution is 0.101. The van der Waals surface area contributed by atoms with Crippen molar-refractivity contribution in [3.8, 4) is 0 Å². The van der Waals surface area contributed by atoms with Gasteiger partial charge in [-0.15, -0.1) is 0 Å². The second-order valence-electron chi connectivity index (χ2n) is 5.04. The molecule has 0 saturated carbocycles. The van der Waals surface area contributed by atoms with Gasteiger partial charge in [0, 0.05) is 11.8 Å². The highest BCUT2D eigenvalue weighted by Gasteiger charge is 2.13. The van der Waals surface area contributed by atoms with Gasteiger partial charge in [0.05, 0.1) is 0 Å². The van der Waals surface area contributed by atoms with Crippen molar-refractivity contribution in [2.75, 3.05) is 5.32 Å². The molecule has 1 amide bonds. The summed E-state index contributed by atoms with van der Waals surface area (Å²) in [5.74, 6) is -1.95. The molecule has 0 heterocycles. The van der Waals surface area contributed by atoms with E-state index in [1.54, 1.807) is 0 Å². The van der Waals surface area contributed by atoms with Gasteiger partial charge in [-0.2, -0.15) is 0 Å². The lowest BCUT2D eigenvalue weighted by Gasteiger charge is -2.16. The minimum Gasteiger partial charge on any atom is -0.446 e. The van der Waals surface area contributed by atoms with Crippen LogP contribution in [0.1, 0.15) is 52.4 Å². The predicted molar refractivity (Wildman–Crippen MR) is 79.3 cm³/mol. The minimum absolute atomic E-state index is 0.146. The second kappa shape index (κ2) is 9.32. The molecule has 0 radical (unpaired) electrons. The Bertz CT molecular complexity index is 452. The SMILES string of the molecule is CCCCCCC(CC)OC(=O)Nc1ccc(F)c(F)c1. The van der Waals surface area contributed by atoms with Gasteiger partial charge in [0.15, 0.2) is 11.6 Å². The molecule has 0 aliphatic rings. The molecule has 1 aromatic carbocycles. The molecule has 0 spiro atoms. The number of carbonyl (C=O) groups excluding carboxylic acids is 1. The summed E-state index contributed by atoms with van der Waals surface area (Å²) < 4.78 is 31.1. The monoisotopic (exact) mass is 299 g/mol. The van der Waals surface area contributed by atoms with E-state index in [-0.39, 0.29) is 11.8 Å². The summed E-state index contributed by atoms with van der Waals surface area (Å²) in [4.78, 5) is 11.7. The first-order chi connectivity index (χ1) is 10.1. The predicted octanol–water partition coefficient (Wildman–Crippen LogP) is 5.26. The van der Waals surface area contributed by atoms with Crippen molar-refractivity contribution in [1.29, 1.82) is 0 Å². The van der Waals surface area contributed by atoms with E-state index in [0.717, 1.165) is 44.2 Å².